The van der Waals surface area contributed by atoms with Gasteiger partial charge in [-0.05, 0) is 28.2 Å². The fraction of sp³-hybridized carbons (Fsp3) is 0.400. The van der Waals surface area contributed by atoms with Crippen LogP contribution in [0.1, 0.15) is 37.3 Å². The number of aliphatic carboxylic acids is 1. The Morgan fingerprint density at radius 1 is 1.03 bits per heavy atom. The number of rotatable bonds is 9. The molecule has 0 heterocycles. The maximum Gasteiger partial charge on any atom is 0.407 e. The molecule has 3 atom stereocenters. The number of hydrogen-bond acceptors (Lipinski definition) is 4. The molecule has 1 aliphatic carbocycles. The van der Waals surface area contributed by atoms with Crippen molar-refractivity contribution in [3.63, 3.8) is 0 Å². The van der Waals surface area contributed by atoms with Gasteiger partial charge in [0.05, 0.1) is 0 Å². The van der Waals surface area contributed by atoms with E-state index in [2.05, 4.69) is 5.32 Å². The van der Waals surface area contributed by atoms with E-state index in [9.17, 15) is 27.6 Å². The van der Waals surface area contributed by atoms with Crippen molar-refractivity contribution in [2.45, 2.75) is 38.4 Å². The second kappa shape index (κ2) is 10.8. The molecule has 0 aliphatic heterocycles. The van der Waals surface area contributed by atoms with Crippen molar-refractivity contribution in [1.29, 1.82) is 0 Å². The summed E-state index contributed by atoms with van der Waals surface area (Å²) in [5.41, 5.74) is 4.10. The molecule has 3 unspecified atom stereocenters. The second-order valence-electron chi connectivity index (χ2n) is 8.51. The molecule has 3 N–H and O–H groups in total. The number of nitrogens with one attached hydrogen (secondary N) is 2. The number of carbonyl (C=O) groups excluding carboxylic acids is 2. The highest BCUT2D eigenvalue weighted by Gasteiger charge is 2.45. The Morgan fingerprint density at radius 2 is 1.57 bits per heavy atom. The molecule has 2 amide bonds. The van der Waals surface area contributed by atoms with Gasteiger partial charge in [0.25, 0.3) is 0 Å². The number of carbonyl (C=O) groups is 3. The highest BCUT2D eigenvalue weighted by atomic mass is 19.4. The van der Waals surface area contributed by atoms with Crippen molar-refractivity contribution >= 4 is 18.0 Å². The molecule has 0 spiro atoms. The molecule has 2 aromatic rings. The summed E-state index contributed by atoms with van der Waals surface area (Å²) in [6.07, 6.45) is -5.48. The van der Waals surface area contributed by atoms with Crippen molar-refractivity contribution in [2.75, 3.05) is 13.2 Å². The van der Waals surface area contributed by atoms with Gasteiger partial charge in [-0.15, -0.1) is 0 Å². The van der Waals surface area contributed by atoms with Gasteiger partial charge in [0.1, 0.15) is 12.6 Å². The number of fused-ring (bicyclic) bond motifs is 3. The number of ether oxygens (including phenoxy) is 1. The quantitative estimate of drug-likeness (QED) is 0.484. The zero-order valence-corrected chi connectivity index (χ0v) is 19.3. The van der Waals surface area contributed by atoms with Gasteiger partial charge < -0.3 is 20.5 Å². The summed E-state index contributed by atoms with van der Waals surface area (Å²) < 4.78 is 44.1. The molecule has 0 fully saturated rings. The Morgan fingerprint density at radius 3 is 2.06 bits per heavy atom. The molecule has 2 aromatic carbocycles. The first-order valence-corrected chi connectivity index (χ1v) is 11.2. The Hall–Kier alpha value is -3.56. The van der Waals surface area contributed by atoms with E-state index in [0.717, 1.165) is 22.3 Å². The van der Waals surface area contributed by atoms with Gasteiger partial charge in [-0.25, -0.2) is 4.79 Å². The van der Waals surface area contributed by atoms with Gasteiger partial charge in [0.15, 0.2) is 5.92 Å². The maximum atomic E-state index is 12.9. The molecule has 188 valence electrons. The zero-order chi connectivity index (χ0) is 25.8. The summed E-state index contributed by atoms with van der Waals surface area (Å²) in [4.78, 5) is 36.1. The monoisotopic (exact) mass is 492 g/mol. The van der Waals surface area contributed by atoms with Crippen LogP contribution in [-0.4, -0.2) is 48.4 Å². The number of alkyl halides is 3. The molecule has 10 heteroatoms. The van der Waals surface area contributed by atoms with E-state index in [4.69, 9.17) is 9.84 Å². The third kappa shape index (κ3) is 5.93. The van der Waals surface area contributed by atoms with Crippen LogP contribution in [0, 0.1) is 11.8 Å². The lowest BCUT2D eigenvalue weighted by Gasteiger charge is -2.25. The number of amides is 2. The highest BCUT2D eigenvalue weighted by Crippen LogP contribution is 2.44. The first-order chi connectivity index (χ1) is 16.5. The highest BCUT2D eigenvalue weighted by molar-refractivity contribution is 5.86. The summed E-state index contributed by atoms with van der Waals surface area (Å²) in [5, 5.41) is 13.2. The van der Waals surface area contributed by atoms with Crippen molar-refractivity contribution in [1.82, 2.24) is 10.6 Å². The zero-order valence-electron chi connectivity index (χ0n) is 19.3. The molecule has 0 saturated carbocycles. The van der Waals surface area contributed by atoms with Crippen molar-refractivity contribution in [3.05, 3.63) is 59.7 Å². The van der Waals surface area contributed by atoms with Crippen LogP contribution in [0.25, 0.3) is 11.1 Å². The third-order valence-corrected chi connectivity index (χ3v) is 6.29. The largest absolute Gasteiger partial charge is 0.481 e. The minimum absolute atomic E-state index is 0.00384. The SMILES string of the molecule is CCC(C)C(NC(=O)OCC1c2ccccc2-c2ccccc21)C(=O)NCC(C(=O)O)C(F)(F)F. The maximum absolute atomic E-state index is 12.9. The fourth-order valence-electron chi connectivity index (χ4n) is 4.12. The molecule has 7 nitrogen and oxygen atoms in total. The van der Waals surface area contributed by atoms with Gasteiger partial charge in [-0.2, -0.15) is 13.2 Å². The Labute approximate surface area is 200 Å². The number of carboxylic acid groups (broad SMARTS) is 1. The topological polar surface area (TPSA) is 105 Å². The summed E-state index contributed by atoms with van der Waals surface area (Å²) in [5.74, 6) is -6.40. The number of alkyl carbamates (subject to hydrolysis) is 1. The minimum atomic E-state index is -5.02. The molecule has 0 saturated heterocycles. The smallest absolute Gasteiger partial charge is 0.407 e. The lowest BCUT2D eigenvalue weighted by molar-refractivity contribution is -0.192. The number of carboxylic acids is 1. The van der Waals surface area contributed by atoms with Crippen LogP contribution >= 0.6 is 0 Å². The average Bonchev–Trinajstić information content (AvgIpc) is 3.13. The van der Waals surface area contributed by atoms with Crippen LogP contribution < -0.4 is 10.6 Å². The molecule has 35 heavy (non-hydrogen) atoms. The summed E-state index contributed by atoms with van der Waals surface area (Å²) in [7, 11) is 0. The molecule has 0 aromatic heterocycles. The van der Waals surface area contributed by atoms with Gasteiger partial charge in [0, 0.05) is 12.5 Å². The first-order valence-electron chi connectivity index (χ1n) is 11.2. The van der Waals surface area contributed by atoms with E-state index in [-0.39, 0.29) is 12.5 Å². The lowest BCUT2D eigenvalue weighted by atomic mass is 9.98. The average molecular weight is 492 g/mol. The summed E-state index contributed by atoms with van der Waals surface area (Å²) >= 11 is 0. The second-order valence-corrected chi connectivity index (χ2v) is 8.51. The molecule has 0 radical (unpaired) electrons. The van der Waals surface area contributed by atoms with Crippen LogP contribution in [0.15, 0.2) is 48.5 Å². The normalized spacial score (nSPS) is 15.3. The Bertz CT molecular complexity index is 1040. The molecule has 3 rings (SSSR count). The molecular formula is C25H27F3N2O5. The van der Waals surface area contributed by atoms with Crippen molar-refractivity contribution in [3.8, 4) is 11.1 Å². The van der Waals surface area contributed by atoms with E-state index in [1.165, 1.54) is 0 Å². The van der Waals surface area contributed by atoms with Crippen LogP contribution in [-0.2, 0) is 14.3 Å². The van der Waals surface area contributed by atoms with E-state index in [0.29, 0.717) is 6.42 Å². The summed E-state index contributed by atoms with van der Waals surface area (Å²) in [6, 6.07) is 14.3. The molecular weight excluding hydrogens is 465 g/mol. The number of benzene rings is 2. The fourth-order valence-corrected chi connectivity index (χ4v) is 4.12. The molecule has 0 bridgehead atoms. The standard InChI is InChI=1S/C25H27F3N2O5/c1-3-14(2)21(22(31)29-12-20(23(32)33)25(26,27)28)30-24(34)35-13-19-17-10-6-4-8-15(17)16-9-5-7-11-18(16)19/h4-11,14,19-21H,3,12-13H2,1-2H3,(H,29,31)(H,30,34)(H,32,33). The van der Waals surface area contributed by atoms with E-state index >= 15 is 0 Å². The van der Waals surface area contributed by atoms with Crippen LogP contribution in [0.5, 0.6) is 0 Å². The lowest BCUT2D eigenvalue weighted by Crippen LogP contribution is -2.52. The third-order valence-electron chi connectivity index (χ3n) is 6.29. The van der Waals surface area contributed by atoms with Crippen molar-refractivity contribution in [2.24, 2.45) is 11.8 Å². The Kier molecular flexibility index (Phi) is 8.03. The molecule has 1 aliphatic rings. The number of halogens is 3. The van der Waals surface area contributed by atoms with Gasteiger partial charge in [0.2, 0.25) is 5.91 Å². The predicted octanol–water partition coefficient (Wildman–Crippen LogP) is 4.32. The first kappa shape index (κ1) is 26.1. The van der Waals surface area contributed by atoms with Crippen LogP contribution in [0.2, 0.25) is 0 Å². The van der Waals surface area contributed by atoms with E-state index < -0.39 is 48.6 Å². The van der Waals surface area contributed by atoms with Gasteiger partial charge in [-0.1, -0.05) is 68.8 Å². The van der Waals surface area contributed by atoms with Crippen LogP contribution in [0.3, 0.4) is 0 Å². The predicted molar refractivity (Wildman–Crippen MR) is 122 cm³/mol. The van der Waals surface area contributed by atoms with Crippen LogP contribution in [0.4, 0.5) is 18.0 Å². The number of hydrogen-bond donors (Lipinski definition) is 3. The minimum Gasteiger partial charge on any atom is -0.481 e. The van der Waals surface area contributed by atoms with Crippen molar-refractivity contribution < 1.29 is 37.4 Å². The van der Waals surface area contributed by atoms with E-state index in [1.54, 1.807) is 13.8 Å². The van der Waals surface area contributed by atoms with Gasteiger partial charge in [-0.3, -0.25) is 9.59 Å². The Balaban J connectivity index is 1.65. The van der Waals surface area contributed by atoms with Gasteiger partial charge >= 0.3 is 18.2 Å². The summed E-state index contributed by atoms with van der Waals surface area (Å²) in [6.45, 7) is 2.26. The van der Waals surface area contributed by atoms with E-state index in [1.807, 2.05) is 53.8 Å².